The van der Waals surface area contributed by atoms with Crippen molar-refractivity contribution in [2.24, 2.45) is 5.92 Å². The van der Waals surface area contributed by atoms with Gasteiger partial charge in [-0.25, -0.2) is 4.98 Å². The Hall–Kier alpha value is -1.16. The van der Waals surface area contributed by atoms with E-state index in [0.717, 1.165) is 21.6 Å². The second kappa shape index (κ2) is 4.50. The summed E-state index contributed by atoms with van der Waals surface area (Å²) in [5, 5.41) is 0. The molecule has 0 aromatic carbocycles. The van der Waals surface area contributed by atoms with Crippen LogP contribution in [0, 0.1) is 17.6 Å². The molecule has 0 bridgehead atoms. The first-order chi connectivity index (χ1) is 8.66. The summed E-state index contributed by atoms with van der Waals surface area (Å²) in [4.78, 5) is 7.96. The van der Waals surface area contributed by atoms with E-state index in [9.17, 15) is 0 Å². The van der Waals surface area contributed by atoms with Crippen molar-refractivity contribution >= 4 is 23.4 Å². The average molecular weight is 261 g/mol. The fraction of sp³-hybridized carbons (Fsp3) is 0.571. The zero-order valence-electron chi connectivity index (χ0n) is 10.9. The maximum absolute atomic E-state index is 5.50. The molecule has 0 saturated heterocycles. The Labute approximate surface area is 112 Å². The van der Waals surface area contributed by atoms with Gasteiger partial charge in [0.15, 0.2) is 10.4 Å². The average Bonchev–Trinajstić information content (AvgIpc) is 2.66. The zero-order valence-corrected chi connectivity index (χ0v) is 11.8. The van der Waals surface area contributed by atoms with E-state index >= 15 is 0 Å². The van der Waals surface area contributed by atoms with E-state index in [2.05, 4.69) is 27.5 Å². The maximum Gasteiger partial charge on any atom is 0.179 e. The molecule has 2 aromatic heterocycles. The molecule has 3 rings (SSSR count). The van der Waals surface area contributed by atoms with Crippen LogP contribution in [0.25, 0.3) is 11.2 Å². The summed E-state index contributed by atoms with van der Waals surface area (Å²) in [6, 6.07) is 4.62. The standard InChI is InChI=1S/C14H19N3S/c1-9-5-3-4-6-12(9)17-13-11(16-14(17)18)8-7-10(2)15-13/h7-9,12H,3-6H2,1-2H3,(H,16,18). The number of H-pyrrole nitrogens is 1. The van der Waals surface area contributed by atoms with Crippen molar-refractivity contribution in [2.75, 3.05) is 0 Å². The second-order valence-corrected chi connectivity index (χ2v) is 5.84. The first-order valence-electron chi connectivity index (χ1n) is 6.74. The maximum atomic E-state index is 5.50. The fourth-order valence-electron chi connectivity index (χ4n) is 3.08. The minimum atomic E-state index is 0.509. The number of hydrogen-bond acceptors (Lipinski definition) is 2. The number of hydrogen-bond donors (Lipinski definition) is 1. The SMILES string of the molecule is Cc1ccc2[nH]c(=S)n(C3CCCCC3C)c2n1. The van der Waals surface area contributed by atoms with E-state index in [1.54, 1.807) is 0 Å². The van der Waals surface area contributed by atoms with Crippen LogP contribution in [0.2, 0.25) is 0 Å². The van der Waals surface area contributed by atoms with Gasteiger partial charge in [-0.3, -0.25) is 4.57 Å². The largest absolute Gasteiger partial charge is 0.329 e. The van der Waals surface area contributed by atoms with E-state index in [-0.39, 0.29) is 0 Å². The zero-order chi connectivity index (χ0) is 12.7. The Morgan fingerprint density at radius 3 is 2.89 bits per heavy atom. The third kappa shape index (κ3) is 1.88. The van der Waals surface area contributed by atoms with Gasteiger partial charge in [0.1, 0.15) is 0 Å². The van der Waals surface area contributed by atoms with E-state index in [0.29, 0.717) is 12.0 Å². The lowest BCUT2D eigenvalue weighted by Gasteiger charge is -2.30. The fourth-order valence-corrected chi connectivity index (χ4v) is 3.42. The van der Waals surface area contributed by atoms with Crippen LogP contribution < -0.4 is 0 Å². The number of nitrogens with zero attached hydrogens (tertiary/aromatic N) is 2. The lowest BCUT2D eigenvalue weighted by Crippen LogP contribution is -2.21. The number of fused-ring (bicyclic) bond motifs is 1. The van der Waals surface area contributed by atoms with Crippen molar-refractivity contribution in [3.63, 3.8) is 0 Å². The summed E-state index contributed by atoms with van der Waals surface area (Å²) in [5.74, 6) is 0.687. The molecule has 2 unspecified atom stereocenters. The van der Waals surface area contributed by atoms with Crippen molar-refractivity contribution in [3.8, 4) is 0 Å². The highest BCUT2D eigenvalue weighted by molar-refractivity contribution is 7.71. The van der Waals surface area contributed by atoms with Crippen LogP contribution in [0.15, 0.2) is 12.1 Å². The lowest BCUT2D eigenvalue weighted by molar-refractivity contribution is 0.259. The van der Waals surface area contributed by atoms with Crippen molar-refractivity contribution in [1.29, 1.82) is 0 Å². The van der Waals surface area contributed by atoms with Gasteiger partial charge >= 0.3 is 0 Å². The first-order valence-corrected chi connectivity index (χ1v) is 7.15. The van der Waals surface area contributed by atoms with Crippen molar-refractivity contribution in [2.45, 2.75) is 45.6 Å². The molecule has 0 radical (unpaired) electrons. The molecule has 0 spiro atoms. The number of aryl methyl sites for hydroxylation is 1. The van der Waals surface area contributed by atoms with Crippen LogP contribution in [0.4, 0.5) is 0 Å². The monoisotopic (exact) mass is 261 g/mol. The van der Waals surface area contributed by atoms with Crippen LogP contribution >= 0.6 is 12.2 Å². The molecule has 4 heteroatoms. The van der Waals surface area contributed by atoms with Crippen LogP contribution in [0.1, 0.15) is 44.3 Å². The number of aromatic nitrogens is 3. The Bertz CT molecular complexity index is 625. The predicted octanol–water partition coefficient (Wildman–Crippen LogP) is 4.15. The highest BCUT2D eigenvalue weighted by Gasteiger charge is 2.25. The normalized spacial score (nSPS) is 24.6. The lowest BCUT2D eigenvalue weighted by atomic mass is 9.86. The summed E-state index contributed by atoms with van der Waals surface area (Å²) in [5.41, 5.74) is 3.14. The van der Waals surface area contributed by atoms with Gasteiger partial charge in [-0.2, -0.15) is 0 Å². The van der Waals surface area contributed by atoms with Gasteiger partial charge < -0.3 is 4.98 Å². The van der Waals surface area contributed by atoms with Gasteiger partial charge in [0, 0.05) is 11.7 Å². The highest BCUT2D eigenvalue weighted by Crippen LogP contribution is 2.35. The van der Waals surface area contributed by atoms with Gasteiger partial charge in [-0.1, -0.05) is 19.8 Å². The Balaban J connectivity index is 2.18. The number of imidazole rings is 1. The molecule has 1 aliphatic rings. The van der Waals surface area contributed by atoms with Crippen LogP contribution in [0.5, 0.6) is 0 Å². The Kier molecular flexibility index (Phi) is 2.98. The summed E-state index contributed by atoms with van der Waals surface area (Å²) < 4.78 is 3.07. The van der Waals surface area contributed by atoms with Crippen LogP contribution in [-0.4, -0.2) is 14.5 Å². The summed E-state index contributed by atoms with van der Waals surface area (Å²) >= 11 is 5.50. The smallest absolute Gasteiger partial charge is 0.179 e. The molecule has 18 heavy (non-hydrogen) atoms. The minimum Gasteiger partial charge on any atom is -0.329 e. The molecular formula is C14H19N3S. The quantitative estimate of drug-likeness (QED) is 0.782. The molecule has 1 aliphatic carbocycles. The molecule has 1 saturated carbocycles. The van der Waals surface area contributed by atoms with Gasteiger partial charge in [0.2, 0.25) is 0 Å². The minimum absolute atomic E-state index is 0.509. The summed E-state index contributed by atoms with van der Waals surface area (Å²) in [7, 11) is 0. The molecule has 1 N–H and O–H groups in total. The highest BCUT2D eigenvalue weighted by atomic mass is 32.1. The van der Waals surface area contributed by atoms with Gasteiger partial charge in [-0.05, 0) is 50.0 Å². The second-order valence-electron chi connectivity index (χ2n) is 5.45. The molecule has 96 valence electrons. The molecular weight excluding hydrogens is 242 g/mol. The summed E-state index contributed by atoms with van der Waals surface area (Å²) in [6.45, 7) is 4.37. The third-order valence-electron chi connectivity index (χ3n) is 4.10. The van der Waals surface area contributed by atoms with Crippen molar-refractivity contribution in [1.82, 2.24) is 14.5 Å². The number of aromatic amines is 1. The third-order valence-corrected chi connectivity index (χ3v) is 4.40. The number of nitrogens with one attached hydrogen (secondary N) is 1. The predicted molar refractivity (Wildman–Crippen MR) is 76.3 cm³/mol. The van der Waals surface area contributed by atoms with E-state index in [1.165, 1.54) is 25.7 Å². The van der Waals surface area contributed by atoms with E-state index < -0.39 is 0 Å². The molecule has 2 atom stereocenters. The van der Waals surface area contributed by atoms with Crippen molar-refractivity contribution in [3.05, 3.63) is 22.6 Å². The van der Waals surface area contributed by atoms with Gasteiger partial charge in [0.25, 0.3) is 0 Å². The van der Waals surface area contributed by atoms with Crippen LogP contribution in [0.3, 0.4) is 0 Å². The van der Waals surface area contributed by atoms with Gasteiger partial charge in [-0.15, -0.1) is 0 Å². The van der Waals surface area contributed by atoms with E-state index in [4.69, 9.17) is 12.2 Å². The molecule has 0 amide bonds. The van der Waals surface area contributed by atoms with E-state index in [1.807, 2.05) is 13.0 Å². The van der Waals surface area contributed by atoms with Crippen molar-refractivity contribution < 1.29 is 0 Å². The van der Waals surface area contributed by atoms with Gasteiger partial charge in [0.05, 0.1) is 5.52 Å². The van der Waals surface area contributed by atoms with Crippen LogP contribution in [-0.2, 0) is 0 Å². The Morgan fingerprint density at radius 2 is 2.11 bits per heavy atom. The molecule has 1 fully saturated rings. The molecule has 0 aliphatic heterocycles. The molecule has 2 heterocycles. The number of rotatable bonds is 1. The first kappa shape index (κ1) is 11.9. The topological polar surface area (TPSA) is 33.6 Å². The Morgan fingerprint density at radius 1 is 1.33 bits per heavy atom. The summed E-state index contributed by atoms with van der Waals surface area (Å²) in [6.07, 6.45) is 5.16. The molecule has 3 nitrogen and oxygen atoms in total. The molecule has 2 aromatic rings. The number of pyridine rings is 1.